The molecule has 180 valence electrons. The van der Waals surface area contributed by atoms with Crippen molar-refractivity contribution in [1.82, 2.24) is 0 Å². The van der Waals surface area contributed by atoms with Crippen LogP contribution in [0.15, 0.2) is 84.9 Å². The second-order valence-corrected chi connectivity index (χ2v) is 10.7. The Balaban J connectivity index is 1.59. The van der Waals surface area contributed by atoms with Gasteiger partial charge in [0.1, 0.15) is 5.75 Å². The van der Waals surface area contributed by atoms with Gasteiger partial charge in [-0.25, -0.2) is 0 Å². The number of ether oxygens (including phenoxy) is 1. The lowest BCUT2D eigenvalue weighted by atomic mass is 9.70. The van der Waals surface area contributed by atoms with Crippen LogP contribution >= 0.6 is 0 Å². The number of rotatable bonds is 2. The first kappa shape index (κ1) is 21.4. The molecule has 1 aliphatic carbocycles. The van der Waals surface area contributed by atoms with E-state index in [1.54, 1.807) is 0 Å². The van der Waals surface area contributed by atoms with Crippen LogP contribution < -0.4 is 19.4 Å². The van der Waals surface area contributed by atoms with Gasteiger partial charge in [0.05, 0.1) is 12.0 Å². The fourth-order valence-electron chi connectivity index (χ4n) is 6.80. The molecule has 0 N–H and O–H groups in total. The van der Waals surface area contributed by atoms with E-state index >= 15 is 0 Å². The van der Waals surface area contributed by atoms with Crippen molar-refractivity contribution in [2.45, 2.75) is 17.6 Å². The summed E-state index contributed by atoms with van der Waals surface area (Å²) in [6, 6.07) is 31.5. The summed E-state index contributed by atoms with van der Waals surface area (Å²) in [5.74, 6) is 1.11. The van der Waals surface area contributed by atoms with E-state index in [4.69, 9.17) is 4.74 Å². The van der Waals surface area contributed by atoms with Gasteiger partial charge in [0.15, 0.2) is 5.60 Å². The number of nitrogens with zero attached hydrogens (tertiary/aromatic N) is 3. The van der Waals surface area contributed by atoms with Crippen LogP contribution in [0.5, 0.6) is 5.75 Å². The Morgan fingerprint density at radius 2 is 1.25 bits per heavy atom. The number of likely N-dealkylation sites (N-methyl/N-ethyl adjacent to an activating group) is 1. The molecule has 2 unspecified atom stereocenters. The monoisotopic (exact) mass is 473 g/mol. The lowest BCUT2D eigenvalue weighted by molar-refractivity contribution is 0.0557. The molecule has 4 aromatic carbocycles. The molecule has 36 heavy (non-hydrogen) atoms. The van der Waals surface area contributed by atoms with E-state index in [1.807, 2.05) is 0 Å². The summed E-state index contributed by atoms with van der Waals surface area (Å²) in [5.41, 5.74) is 10.7. The summed E-state index contributed by atoms with van der Waals surface area (Å²) in [4.78, 5) is 6.82. The number of benzene rings is 4. The van der Waals surface area contributed by atoms with Crippen molar-refractivity contribution in [3.63, 3.8) is 0 Å². The van der Waals surface area contributed by atoms with Crippen LogP contribution in [0.1, 0.15) is 34.2 Å². The van der Waals surface area contributed by atoms with Crippen molar-refractivity contribution in [2.75, 3.05) is 49.9 Å². The van der Waals surface area contributed by atoms with Crippen molar-refractivity contribution < 1.29 is 4.74 Å². The van der Waals surface area contributed by atoms with Crippen molar-refractivity contribution in [3.05, 3.63) is 107 Å². The highest BCUT2D eigenvalue weighted by Crippen LogP contribution is 2.67. The zero-order chi connectivity index (χ0) is 24.8. The Kier molecular flexibility index (Phi) is 4.33. The van der Waals surface area contributed by atoms with Crippen LogP contribution in [-0.4, -0.2) is 35.2 Å². The average molecular weight is 474 g/mol. The maximum absolute atomic E-state index is 7.30. The lowest BCUT2D eigenvalue weighted by Crippen LogP contribution is -2.46. The molecule has 0 aromatic heterocycles. The molecule has 4 aromatic rings. The zero-order valence-corrected chi connectivity index (χ0v) is 21.5. The number of hydrogen-bond donors (Lipinski definition) is 0. The van der Waals surface area contributed by atoms with E-state index in [9.17, 15) is 0 Å². The minimum Gasteiger partial charge on any atom is -0.477 e. The molecular formula is C32H31N3O. The fraction of sp³-hybridized carbons (Fsp3) is 0.250. The summed E-state index contributed by atoms with van der Waals surface area (Å²) in [5, 5.41) is 0. The standard InChI is InChI=1S/C32H31N3O/c1-33(2)20-14-16-26-24(18-20)25-19-21(34(3)4)15-17-27(25)32(26)30-22-10-6-8-12-28(22)35(5)31(30)23-11-7-9-13-29(23)36-32/h6-19,30-31H,1-5H3. The van der Waals surface area contributed by atoms with E-state index < -0.39 is 5.60 Å². The molecule has 0 bridgehead atoms. The molecular weight excluding hydrogens is 442 g/mol. The second-order valence-electron chi connectivity index (χ2n) is 10.7. The third kappa shape index (κ3) is 2.59. The number of hydrogen-bond acceptors (Lipinski definition) is 4. The first-order valence-electron chi connectivity index (χ1n) is 12.7. The van der Waals surface area contributed by atoms with Crippen LogP contribution in [0.3, 0.4) is 0 Å². The molecule has 0 saturated carbocycles. The van der Waals surface area contributed by atoms with Gasteiger partial charge >= 0.3 is 0 Å². The Bertz CT molecular complexity index is 1460. The first-order valence-corrected chi connectivity index (χ1v) is 12.7. The Morgan fingerprint density at radius 1 is 0.694 bits per heavy atom. The van der Waals surface area contributed by atoms with Crippen molar-refractivity contribution in [1.29, 1.82) is 0 Å². The zero-order valence-electron chi connectivity index (χ0n) is 21.5. The van der Waals surface area contributed by atoms with Gasteiger partial charge in [-0.2, -0.15) is 0 Å². The maximum atomic E-state index is 7.30. The quantitative estimate of drug-likeness (QED) is 0.335. The molecule has 3 aliphatic rings. The Labute approximate surface area is 213 Å². The van der Waals surface area contributed by atoms with Gasteiger partial charge in [0.2, 0.25) is 0 Å². The number of para-hydroxylation sites is 2. The smallest absolute Gasteiger partial charge is 0.169 e. The molecule has 2 atom stereocenters. The molecule has 0 radical (unpaired) electrons. The highest BCUT2D eigenvalue weighted by molar-refractivity contribution is 5.87. The molecule has 2 heterocycles. The van der Waals surface area contributed by atoms with E-state index in [0.29, 0.717) is 0 Å². The third-order valence-electron chi connectivity index (χ3n) is 8.46. The Hall–Kier alpha value is -3.92. The van der Waals surface area contributed by atoms with Crippen LogP contribution in [0.2, 0.25) is 0 Å². The van der Waals surface area contributed by atoms with Crippen LogP contribution in [-0.2, 0) is 5.60 Å². The second kappa shape index (κ2) is 7.30. The largest absolute Gasteiger partial charge is 0.477 e. The van der Waals surface area contributed by atoms with Gasteiger partial charge in [-0.05, 0) is 53.1 Å². The topological polar surface area (TPSA) is 19.0 Å². The minimum atomic E-state index is -0.611. The van der Waals surface area contributed by atoms with Gasteiger partial charge in [-0.1, -0.05) is 48.5 Å². The third-order valence-corrected chi connectivity index (χ3v) is 8.46. The van der Waals surface area contributed by atoms with Gasteiger partial charge in [-0.3, -0.25) is 0 Å². The van der Waals surface area contributed by atoms with Gasteiger partial charge in [0, 0.05) is 69.0 Å². The minimum absolute atomic E-state index is 0.129. The lowest BCUT2D eigenvalue weighted by Gasteiger charge is -2.46. The molecule has 4 heteroatoms. The highest BCUT2D eigenvalue weighted by atomic mass is 16.5. The summed E-state index contributed by atoms with van der Waals surface area (Å²) in [7, 11) is 10.7. The predicted octanol–water partition coefficient (Wildman–Crippen LogP) is 6.41. The summed E-state index contributed by atoms with van der Waals surface area (Å²) >= 11 is 0. The molecule has 2 aliphatic heterocycles. The molecule has 1 spiro atoms. The molecule has 0 amide bonds. The van der Waals surface area contributed by atoms with Crippen LogP contribution in [0, 0.1) is 0 Å². The van der Waals surface area contributed by atoms with E-state index in [-0.39, 0.29) is 12.0 Å². The summed E-state index contributed by atoms with van der Waals surface area (Å²) in [6.45, 7) is 0. The maximum Gasteiger partial charge on any atom is 0.169 e. The number of anilines is 3. The SMILES string of the molecule is CN(C)c1ccc2c(c1)-c1cc(N(C)C)ccc1C21Oc2ccccc2C2C1c1ccccc1N2C. The van der Waals surface area contributed by atoms with Crippen LogP contribution in [0.4, 0.5) is 17.1 Å². The van der Waals surface area contributed by atoms with Gasteiger partial charge in [0.25, 0.3) is 0 Å². The fourth-order valence-corrected chi connectivity index (χ4v) is 6.80. The molecule has 0 fully saturated rings. The first-order chi connectivity index (χ1) is 17.4. The van der Waals surface area contributed by atoms with E-state index in [2.05, 4.69) is 135 Å². The van der Waals surface area contributed by atoms with Gasteiger partial charge in [-0.15, -0.1) is 0 Å². The molecule has 7 rings (SSSR count). The Morgan fingerprint density at radius 3 is 1.86 bits per heavy atom. The predicted molar refractivity (Wildman–Crippen MR) is 149 cm³/mol. The molecule has 4 nitrogen and oxygen atoms in total. The molecule has 0 saturated heterocycles. The van der Waals surface area contributed by atoms with Gasteiger partial charge < -0.3 is 19.4 Å². The van der Waals surface area contributed by atoms with E-state index in [0.717, 1.165) is 5.75 Å². The summed E-state index contributed by atoms with van der Waals surface area (Å²) < 4.78 is 7.30. The normalized spacial score (nSPS) is 19.6. The van der Waals surface area contributed by atoms with Crippen molar-refractivity contribution in [3.8, 4) is 16.9 Å². The van der Waals surface area contributed by atoms with Crippen molar-refractivity contribution in [2.24, 2.45) is 0 Å². The average Bonchev–Trinajstić information content (AvgIpc) is 3.34. The van der Waals surface area contributed by atoms with Crippen LogP contribution in [0.25, 0.3) is 11.1 Å². The number of fused-ring (bicyclic) bond motifs is 11. The van der Waals surface area contributed by atoms with Crippen molar-refractivity contribution >= 4 is 17.1 Å². The highest BCUT2D eigenvalue weighted by Gasteiger charge is 2.61. The van der Waals surface area contributed by atoms with E-state index in [1.165, 1.54) is 50.4 Å². The summed E-state index contributed by atoms with van der Waals surface area (Å²) in [6.07, 6.45) is 0.